The van der Waals surface area contributed by atoms with Crippen molar-refractivity contribution < 1.29 is 4.79 Å². The Morgan fingerprint density at radius 3 is 2.69 bits per heavy atom. The zero-order chi connectivity index (χ0) is 11.3. The fourth-order valence-corrected chi connectivity index (χ4v) is 2.15. The molecule has 4 nitrogen and oxygen atoms in total. The van der Waals surface area contributed by atoms with E-state index in [1.54, 1.807) is 0 Å². The van der Waals surface area contributed by atoms with Crippen molar-refractivity contribution >= 4 is 34.8 Å². The summed E-state index contributed by atoms with van der Waals surface area (Å²) in [5, 5.41) is 6.45. The third-order valence-electron chi connectivity index (χ3n) is 2.08. The van der Waals surface area contributed by atoms with E-state index in [9.17, 15) is 4.79 Å². The van der Waals surface area contributed by atoms with Crippen molar-refractivity contribution in [3.63, 3.8) is 0 Å². The van der Waals surface area contributed by atoms with Crippen LogP contribution in [0, 0.1) is 6.92 Å². The van der Waals surface area contributed by atoms with Gasteiger partial charge in [-0.05, 0) is 20.4 Å². The first-order chi connectivity index (χ1) is 7.17. The van der Waals surface area contributed by atoms with Gasteiger partial charge in [0.05, 0.1) is 5.69 Å². The summed E-state index contributed by atoms with van der Waals surface area (Å²) in [5.74, 6) is 0.0146. The third kappa shape index (κ3) is 4.47. The first-order valence-electron chi connectivity index (χ1n) is 5.08. The smallest absolute Gasteiger partial charge is 0.227 e. The predicted molar refractivity (Wildman–Crippen MR) is 70.7 cm³/mol. The van der Waals surface area contributed by atoms with Crippen LogP contribution in [-0.2, 0) is 11.2 Å². The highest BCUT2D eigenvalue weighted by molar-refractivity contribution is 7.15. The van der Waals surface area contributed by atoms with Crippen LogP contribution in [0.2, 0.25) is 0 Å². The molecule has 16 heavy (non-hydrogen) atoms. The van der Waals surface area contributed by atoms with Gasteiger partial charge in [0, 0.05) is 17.8 Å². The van der Waals surface area contributed by atoms with E-state index in [4.69, 9.17) is 0 Å². The molecule has 92 valence electrons. The quantitative estimate of drug-likeness (QED) is 0.854. The molecule has 0 atom stereocenters. The highest BCUT2D eigenvalue weighted by Crippen LogP contribution is 2.22. The molecule has 0 aliphatic heterocycles. The van der Waals surface area contributed by atoms with Crippen LogP contribution in [0.25, 0.3) is 0 Å². The minimum Gasteiger partial charge on any atom is -0.319 e. The van der Waals surface area contributed by atoms with Crippen LogP contribution in [0.5, 0.6) is 0 Å². The van der Waals surface area contributed by atoms with E-state index in [1.165, 1.54) is 16.2 Å². The molecule has 2 N–H and O–H groups in total. The van der Waals surface area contributed by atoms with Gasteiger partial charge in [-0.1, -0.05) is 6.92 Å². The monoisotopic (exact) mass is 263 g/mol. The number of hydrogen-bond donors (Lipinski definition) is 2. The van der Waals surface area contributed by atoms with Gasteiger partial charge in [0.1, 0.15) is 0 Å². The number of amides is 1. The average molecular weight is 264 g/mol. The third-order valence-corrected chi connectivity index (χ3v) is 3.00. The molecule has 0 fully saturated rings. The molecule has 0 saturated heterocycles. The van der Waals surface area contributed by atoms with Gasteiger partial charge in [-0.15, -0.1) is 23.7 Å². The van der Waals surface area contributed by atoms with Crippen LogP contribution in [0.15, 0.2) is 0 Å². The lowest BCUT2D eigenvalue weighted by Crippen LogP contribution is -2.18. The second-order valence-electron chi connectivity index (χ2n) is 3.28. The number of nitrogens with one attached hydrogen (secondary N) is 2. The second kappa shape index (κ2) is 7.60. The average Bonchev–Trinajstić information content (AvgIpc) is 2.55. The predicted octanol–water partition coefficient (Wildman–Crippen LogP) is 1.98. The van der Waals surface area contributed by atoms with Gasteiger partial charge >= 0.3 is 0 Å². The molecule has 1 rings (SSSR count). The number of carbonyl (C=O) groups is 1. The number of hydrogen-bond acceptors (Lipinski definition) is 4. The molecular formula is C10H18ClN3OS. The number of rotatable bonds is 5. The summed E-state index contributed by atoms with van der Waals surface area (Å²) in [6, 6.07) is 0. The molecule has 0 radical (unpaired) electrons. The zero-order valence-corrected chi connectivity index (χ0v) is 11.4. The van der Waals surface area contributed by atoms with Gasteiger partial charge in [-0.3, -0.25) is 4.79 Å². The van der Waals surface area contributed by atoms with E-state index in [0.717, 1.165) is 12.1 Å². The Balaban J connectivity index is 0.00000225. The Morgan fingerprint density at radius 2 is 2.19 bits per heavy atom. The van der Waals surface area contributed by atoms with Crippen LogP contribution in [0.1, 0.15) is 23.9 Å². The number of carbonyl (C=O) groups excluding carboxylic acids is 1. The van der Waals surface area contributed by atoms with Gasteiger partial charge in [-0.25, -0.2) is 4.98 Å². The van der Waals surface area contributed by atoms with Crippen molar-refractivity contribution in [2.45, 2.75) is 26.7 Å². The lowest BCUT2D eigenvalue weighted by molar-refractivity contribution is -0.116. The van der Waals surface area contributed by atoms with Crippen LogP contribution in [0.4, 0.5) is 5.13 Å². The summed E-state index contributed by atoms with van der Waals surface area (Å²) in [5.41, 5.74) is 1.07. The lowest BCUT2D eigenvalue weighted by Gasteiger charge is -2.00. The summed E-state index contributed by atoms with van der Waals surface area (Å²) >= 11 is 1.54. The maximum Gasteiger partial charge on any atom is 0.227 e. The van der Waals surface area contributed by atoms with Crippen molar-refractivity contribution in [3.8, 4) is 0 Å². The minimum absolute atomic E-state index is 0. The van der Waals surface area contributed by atoms with E-state index in [0.29, 0.717) is 18.1 Å². The number of halogens is 1. The standard InChI is InChI=1S/C10H17N3OS.ClH/c1-4-8-7(2)15-10(12-8)13-9(14)5-6-11-3;/h11H,4-6H2,1-3H3,(H,12,13,14);1H. The van der Waals surface area contributed by atoms with Gasteiger partial charge in [0.25, 0.3) is 0 Å². The second-order valence-corrected chi connectivity index (χ2v) is 4.48. The van der Waals surface area contributed by atoms with Crippen LogP contribution >= 0.6 is 23.7 Å². The summed E-state index contributed by atoms with van der Waals surface area (Å²) in [7, 11) is 1.83. The van der Waals surface area contributed by atoms with Gasteiger partial charge in [0.2, 0.25) is 5.91 Å². The van der Waals surface area contributed by atoms with E-state index in [1.807, 2.05) is 14.0 Å². The summed E-state index contributed by atoms with van der Waals surface area (Å²) in [6.07, 6.45) is 1.39. The Hall–Kier alpha value is -0.650. The molecule has 0 aliphatic rings. The number of anilines is 1. The molecule has 0 saturated carbocycles. The van der Waals surface area contributed by atoms with Gasteiger partial charge < -0.3 is 10.6 Å². The fourth-order valence-electron chi connectivity index (χ4n) is 1.23. The van der Waals surface area contributed by atoms with Crippen LogP contribution < -0.4 is 10.6 Å². The van der Waals surface area contributed by atoms with Gasteiger partial charge in [-0.2, -0.15) is 0 Å². The minimum atomic E-state index is 0. The Kier molecular flexibility index (Phi) is 7.29. The molecule has 0 spiro atoms. The lowest BCUT2D eigenvalue weighted by atomic mass is 10.3. The molecule has 1 aromatic rings. The Morgan fingerprint density at radius 1 is 1.50 bits per heavy atom. The van der Waals surface area contributed by atoms with Crippen molar-refractivity contribution in [1.82, 2.24) is 10.3 Å². The Labute approximate surface area is 106 Å². The van der Waals surface area contributed by atoms with Crippen molar-refractivity contribution in [1.29, 1.82) is 0 Å². The summed E-state index contributed by atoms with van der Waals surface area (Å²) < 4.78 is 0. The zero-order valence-electron chi connectivity index (χ0n) is 9.79. The van der Waals surface area contributed by atoms with E-state index in [2.05, 4.69) is 22.5 Å². The SMILES string of the molecule is CCc1nc(NC(=O)CCNC)sc1C.Cl. The Bertz CT molecular complexity index is 341. The number of thiazole rings is 1. The van der Waals surface area contributed by atoms with Crippen LogP contribution in [0.3, 0.4) is 0 Å². The van der Waals surface area contributed by atoms with E-state index in [-0.39, 0.29) is 18.3 Å². The van der Waals surface area contributed by atoms with Crippen molar-refractivity contribution in [3.05, 3.63) is 10.6 Å². The topological polar surface area (TPSA) is 54.0 Å². The maximum absolute atomic E-state index is 11.4. The van der Waals surface area contributed by atoms with E-state index < -0.39 is 0 Å². The molecular weight excluding hydrogens is 246 g/mol. The normalized spacial score (nSPS) is 9.69. The number of aromatic nitrogens is 1. The molecule has 0 aliphatic carbocycles. The number of nitrogens with zero attached hydrogens (tertiary/aromatic N) is 1. The van der Waals surface area contributed by atoms with E-state index >= 15 is 0 Å². The molecule has 0 bridgehead atoms. The van der Waals surface area contributed by atoms with Crippen molar-refractivity contribution in [2.75, 3.05) is 18.9 Å². The van der Waals surface area contributed by atoms with Crippen molar-refractivity contribution in [2.24, 2.45) is 0 Å². The molecule has 1 aromatic heterocycles. The van der Waals surface area contributed by atoms with Crippen LogP contribution in [-0.4, -0.2) is 24.5 Å². The molecule has 1 amide bonds. The van der Waals surface area contributed by atoms with Gasteiger partial charge in [0.15, 0.2) is 5.13 Å². The first-order valence-corrected chi connectivity index (χ1v) is 5.89. The summed E-state index contributed by atoms with van der Waals surface area (Å²) in [4.78, 5) is 16.9. The highest BCUT2D eigenvalue weighted by Gasteiger charge is 2.08. The maximum atomic E-state index is 11.4. The fraction of sp³-hybridized carbons (Fsp3) is 0.600. The summed E-state index contributed by atoms with van der Waals surface area (Å²) in [6.45, 7) is 4.78. The number of aryl methyl sites for hydroxylation is 2. The molecule has 1 heterocycles. The highest BCUT2D eigenvalue weighted by atomic mass is 35.5. The molecule has 6 heteroatoms. The molecule has 0 aromatic carbocycles. The largest absolute Gasteiger partial charge is 0.319 e. The molecule has 0 unspecified atom stereocenters. The first kappa shape index (κ1) is 15.3.